The Morgan fingerprint density at radius 3 is 2.81 bits per heavy atom. The number of pyridine rings is 1. The number of nitrogens with zero attached hydrogens (tertiary/aromatic N) is 2. The highest BCUT2D eigenvalue weighted by molar-refractivity contribution is 5.82. The zero-order valence-corrected chi connectivity index (χ0v) is 15.0. The van der Waals surface area contributed by atoms with Gasteiger partial charge in [0.25, 0.3) is 0 Å². The fourth-order valence-electron chi connectivity index (χ4n) is 3.32. The Labute approximate surface area is 154 Å². The summed E-state index contributed by atoms with van der Waals surface area (Å²) in [6.45, 7) is 2.86. The minimum atomic E-state index is -0.516. The average molecular weight is 348 g/mol. The molecule has 1 amide bonds. The van der Waals surface area contributed by atoms with Gasteiger partial charge in [-0.2, -0.15) is 5.26 Å². The number of nitrogens with one attached hydrogen (secondary N) is 2. The van der Waals surface area contributed by atoms with Crippen molar-refractivity contribution in [3.63, 3.8) is 0 Å². The van der Waals surface area contributed by atoms with Crippen LogP contribution in [0, 0.1) is 18.3 Å². The number of piperidine rings is 1. The van der Waals surface area contributed by atoms with Crippen LogP contribution in [0.4, 0.5) is 0 Å². The minimum Gasteiger partial charge on any atom is -0.339 e. The molecule has 0 spiro atoms. The number of aryl methyl sites for hydroxylation is 1. The highest BCUT2D eigenvalue weighted by atomic mass is 16.2. The molecule has 0 radical (unpaired) electrons. The van der Waals surface area contributed by atoms with Gasteiger partial charge in [-0.05, 0) is 43.5 Å². The summed E-state index contributed by atoms with van der Waals surface area (Å²) in [7, 11) is 0. The van der Waals surface area contributed by atoms with Crippen LogP contribution in [0.2, 0.25) is 0 Å². The van der Waals surface area contributed by atoms with Crippen LogP contribution < -0.4 is 10.6 Å². The van der Waals surface area contributed by atoms with Gasteiger partial charge in [-0.15, -0.1) is 0 Å². The second-order valence-electron chi connectivity index (χ2n) is 6.73. The molecule has 134 valence electrons. The third kappa shape index (κ3) is 4.47. The van der Waals surface area contributed by atoms with E-state index in [0.717, 1.165) is 48.2 Å². The van der Waals surface area contributed by atoms with Crippen molar-refractivity contribution in [2.24, 2.45) is 0 Å². The maximum absolute atomic E-state index is 12.3. The van der Waals surface area contributed by atoms with Gasteiger partial charge >= 0.3 is 0 Å². The number of carbonyl (C=O) groups excluding carboxylic acids is 1. The van der Waals surface area contributed by atoms with Gasteiger partial charge in [0.2, 0.25) is 5.91 Å². The summed E-state index contributed by atoms with van der Waals surface area (Å²) in [5.74, 6) is -0.0705. The first-order chi connectivity index (χ1) is 12.7. The van der Waals surface area contributed by atoms with E-state index in [0.29, 0.717) is 6.42 Å². The van der Waals surface area contributed by atoms with E-state index in [4.69, 9.17) is 0 Å². The maximum Gasteiger partial charge on any atom is 0.238 e. The SMILES string of the molecule is Cc1ncccc1-c1ccc(C[C@@H](C#N)NC(=O)[C@@H]2CCCCN2)cc1. The normalized spacial score (nSPS) is 17.9. The number of benzene rings is 1. The second kappa shape index (κ2) is 8.59. The summed E-state index contributed by atoms with van der Waals surface area (Å²) < 4.78 is 0. The molecule has 1 fully saturated rings. The molecule has 2 atom stereocenters. The van der Waals surface area contributed by atoms with E-state index >= 15 is 0 Å². The Balaban J connectivity index is 1.62. The standard InChI is InChI=1S/C21H24N4O/c1-15-19(5-4-12-23-15)17-9-7-16(8-10-17)13-18(14-22)25-21(26)20-6-2-3-11-24-20/h4-5,7-10,12,18,20,24H,2-3,6,11,13H2,1H3,(H,25,26)/t18-,20-/m0/s1. The minimum absolute atomic E-state index is 0.0705. The molecular weight excluding hydrogens is 324 g/mol. The molecule has 1 aromatic heterocycles. The zero-order chi connectivity index (χ0) is 18.4. The Morgan fingerprint density at radius 1 is 1.35 bits per heavy atom. The van der Waals surface area contributed by atoms with E-state index in [1.54, 1.807) is 6.20 Å². The van der Waals surface area contributed by atoms with Gasteiger partial charge in [0, 0.05) is 23.9 Å². The average Bonchev–Trinajstić information content (AvgIpc) is 2.69. The number of rotatable bonds is 5. The van der Waals surface area contributed by atoms with E-state index in [2.05, 4.69) is 21.7 Å². The molecule has 2 aromatic rings. The lowest BCUT2D eigenvalue weighted by atomic mass is 9.99. The van der Waals surface area contributed by atoms with Crippen molar-refractivity contribution < 1.29 is 4.79 Å². The number of aromatic nitrogens is 1. The van der Waals surface area contributed by atoms with Gasteiger partial charge in [0.05, 0.1) is 12.1 Å². The first-order valence-electron chi connectivity index (χ1n) is 9.11. The molecular formula is C21H24N4O. The number of hydrogen-bond acceptors (Lipinski definition) is 4. The summed E-state index contributed by atoms with van der Waals surface area (Å²) >= 11 is 0. The largest absolute Gasteiger partial charge is 0.339 e. The number of carbonyl (C=O) groups is 1. The molecule has 0 unspecified atom stereocenters. The fraction of sp³-hybridized carbons (Fsp3) is 0.381. The van der Waals surface area contributed by atoms with Crippen LogP contribution in [0.1, 0.15) is 30.5 Å². The van der Waals surface area contributed by atoms with Crippen molar-refractivity contribution in [1.82, 2.24) is 15.6 Å². The molecule has 1 saturated heterocycles. The lowest BCUT2D eigenvalue weighted by molar-refractivity contribution is -0.124. The third-order valence-corrected chi connectivity index (χ3v) is 4.81. The van der Waals surface area contributed by atoms with Crippen molar-refractivity contribution in [3.8, 4) is 17.2 Å². The highest BCUT2D eigenvalue weighted by Crippen LogP contribution is 2.22. The summed E-state index contributed by atoms with van der Waals surface area (Å²) in [6.07, 6.45) is 5.28. The number of amides is 1. The Kier molecular flexibility index (Phi) is 5.98. The maximum atomic E-state index is 12.3. The quantitative estimate of drug-likeness (QED) is 0.871. The number of hydrogen-bond donors (Lipinski definition) is 2. The Bertz CT molecular complexity index is 788. The van der Waals surface area contributed by atoms with Crippen molar-refractivity contribution in [3.05, 3.63) is 53.9 Å². The predicted octanol–water partition coefficient (Wildman–Crippen LogP) is 2.75. The molecule has 1 aliphatic heterocycles. The predicted molar refractivity (Wildman–Crippen MR) is 101 cm³/mol. The molecule has 0 saturated carbocycles. The molecule has 1 aromatic carbocycles. The summed E-state index contributed by atoms with van der Waals surface area (Å²) in [5.41, 5.74) is 4.22. The number of nitriles is 1. The molecule has 2 N–H and O–H groups in total. The van der Waals surface area contributed by atoms with Gasteiger partial charge in [-0.3, -0.25) is 9.78 Å². The molecule has 1 aliphatic rings. The van der Waals surface area contributed by atoms with Gasteiger partial charge in [-0.1, -0.05) is 36.8 Å². The van der Waals surface area contributed by atoms with Crippen molar-refractivity contribution in [1.29, 1.82) is 5.26 Å². The van der Waals surface area contributed by atoms with E-state index in [1.165, 1.54) is 0 Å². The van der Waals surface area contributed by atoms with Crippen molar-refractivity contribution in [2.45, 2.75) is 44.7 Å². The fourth-order valence-corrected chi connectivity index (χ4v) is 3.32. The molecule has 2 heterocycles. The Morgan fingerprint density at radius 2 is 2.15 bits per heavy atom. The molecule has 5 nitrogen and oxygen atoms in total. The van der Waals surface area contributed by atoms with Crippen molar-refractivity contribution in [2.75, 3.05) is 6.54 Å². The molecule has 0 bridgehead atoms. The van der Waals surface area contributed by atoms with E-state index in [9.17, 15) is 10.1 Å². The van der Waals surface area contributed by atoms with E-state index < -0.39 is 6.04 Å². The van der Waals surface area contributed by atoms with E-state index in [-0.39, 0.29) is 11.9 Å². The van der Waals surface area contributed by atoms with Crippen LogP contribution in [0.15, 0.2) is 42.6 Å². The van der Waals surface area contributed by atoms with Crippen molar-refractivity contribution >= 4 is 5.91 Å². The third-order valence-electron chi connectivity index (χ3n) is 4.81. The van der Waals surface area contributed by atoms with Gasteiger partial charge in [-0.25, -0.2) is 0 Å². The summed E-state index contributed by atoms with van der Waals surface area (Å²) in [6, 6.07) is 13.6. The zero-order valence-electron chi connectivity index (χ0n) is 15.0. The van der Waals surface area contributed by atoms with Gasteiger partial charge in [0.1, 0.15) is 6.04 Å². The molecule has 3 rings (SSSR count). The topological polar surface area (TPSA) is 77.8 Å². The van der Waals surface area contributed by atoms with Crippen LogP contribution in [0.25, 0.3) is 11.1 Å². The van der Waals surface area contributed by atoms with Crippen LogP contribution in [-0.4, -0.2) is 29.5 Å². The molecule has 26 heavy (non-hydrogen) atoms. The monoisotopic (exact) mass is 348 g/mol. The van der Waals surface area contributed by atoms with Crippen LogP contribution in [0.5, 0.6) is 0 Å². The van der Waals surface area contributed by atoms with Crippen LogP contribution in [-0.2, 0) is 11.2 Å². The lowest BCUT2D eigenvalue weighted by Gasteiger charge is -2.23. The summed E-state index contributed by atoms with van der Waals surface area (Å²) in [4.78, 5) is 16.6. The first-order valence-corrected chi connectivity index (χ1v) is 9.11. The lowest BCUT2D eigenvalue weighted by Crippen LogP contribution is -2.49. The van der Waals surface area contributed by atoms with Gasteiger partial charge < -0.3 is 10.6 Å². The van der Waals surface area contributed by atoms with E-state index in [1.807, 2.05) is 43.3 Å². The first kappa shape index (κ1) is 18.1. The highest BCUT2D eigenvalue weighted by Gasteiger charge is 2.22. The van der Waals surface area contributed by atoms with Gasteiger partial charge in [0.15, 0.2) is 0 Å². The Hall–Kier alpha value is -2.71. The smallest absolute Gasteiger partial charge is 0.238 e. The molecule has 5 heteroatoms. The second-order valence-corrected chi connectivity index (χ2v) is 6.73. The molecule has 0 aliphatic carbocycles. The van der Waals surface area contributed by atoms with Crippen LogP contribution in [0.3, 0.4) is 0 Å². The van der Waals surface area contributed by atoms with Crippen LogP contribution >= 0.6 is 0 Å². The summed E-state index contributed by atoms with van der Waals surface area (Å²) in [5, 5.41) is 15.5.